The lowest BCUT2D eigenvalue weighted by Crippen LogP contribution is -2.17. The molecular weight excluding hydrogens is 298 g/mol. The molecule has 0 aliphatic carbocycles. The van der Waals surface area contributed by atoms with Crippen LogP contribution in [0.1, 0.15) is 22.8 Å². The predicted octanol–water partition coefficient (Wildman–Crippen LogP) is 2.18. The van der Waals surface area contributed by atoms with Crippen molar-refractivity contribution < 1.29 is 12.8 Å². The number of furan rings is 1. The van der Waals surface area contributed by atoms with E-state index in [1.807, 2.05) is 6.92 Å². The van der Waals surface area contributed by atoms with Crippen LogP contribution in [-0.2, 0) is 16.6 Å². The lowest BCUT2D eigenvalue weighted by atomic mass is 10.2. The molecule has 2 aromatic heterocycles. The molecule has 0 bridgehead atoms. The van der Waals surface area contributed by atoms with Gasteiger partial charge in [0.2, 0.25) is 0 Å². The lowest BCUT2D eigenvalue weighted by Gasteiger charge is -2.07. The first kappa shape index (κ1) is 15.0. The van der Waals surface area contributed by atoms with E-state index in [1.54, 1.807) is 26.3 Å². The minimum absolute atomic E-state index is 0.192. The molecule has 110 valence electrons. The molecule has 0 aromatic carbocycles. The number of hydrogen-bond donors (Lipinski definition) is 2. The number of aromatic nitrogens is 1. The molecule has 0 aliphatic heterocycles. The zero-order valence-corrected chi connectivity index (χ0v) is 13.4. The van der Waals surface area contributed by atoms with Crippen molar-refractivity contribution in [2.45, 2.75) is 32.2 Å². The van der Waals surface area contributed by atoms with E-state index < -0.39 is 10.0 Å². The van der Waals surface area contributed by atoms with Gasteiger partial charge in [-0.2, -0.15) is 0 Å². The second-order valence-corrected chi connectivity index (χ2v) is 6.93. The number of hydrogen-bond acceptors (Lipinski definition) is 6. The van der Waals surface area contributed by atoms with E-state index in [0.29, 0.717) is 28.8 Å². The van der Waals surface area contributed by atoms with Crippen LogP contribution in [0.4, 0.5) is 5.13 Å². The highest BCUT2D eigenvalue weighted by molar-refractivity contribution is 7.93. The molecule has 2 aromatic rings. The Balaban J connectivity index is 2.43. The Bertz CT molecular complexity index is 716. The van der Waals surface area contributed by atoms with Crippen molar-refractivity contribution >= 4 is 26.5 Å². The van der Waals surface area contributed by atoms with Crippen LogP contribution < -0.4 is 10.0 Å². The van der Waals surface area contributed by atoms with Gasteiger partial charge in [0.05, 0.1) is 5.69 Å². The number of aryl methyl sites for hydroxylation is 3. The van der Waals surface area contributed by atoms with Gasteiger partial charge in [0.15, 0.2) is 5.13 Å². The van der Waals surface area contributed by atoms with Crippen LogP contribution >= 0.6 is 11.3 Å². The van der Waals surface area contributed by atoms with Crippen molar-refractivity contribution in [2.75, 3.05) is 11.8 Å². The summed E-state index contributed by atoms with van der Waals surface area (Å²) in [7, 11) is -1.94. The van der Waals surface area contributed by atoms with Crippen molar-refractivity contribution in [1.29, 1.82) is 0 Å². The first-order chi connectivity index (χ1) is 9.35. The average molecular weight is 315 g/mol. The SMILES string of the molecule is CNCc1c(C)oc(C)c1S(=O)(=O)Nc1nc(C)cs1. The molecule has 0 unspecified atom stereocenters. The summed E-state index contributed by atoms with van der Waals surface area (Å²) in [5, 5.41) is 5.10. The van der Waals surface area contributed by atoms with E-state index in [0.717, 1.165) is 5.69 Å². The number of nitrogens with zero attached hydrogens (tertiary/aromatic N) is 1. The minimum atomic E-state index is -3.70. The molecule has 0 saturated heterocycles. The summed E-state index contributed by atoms with van der Waals surface area (Å²) in [6.45, 7) is 5.64. The Labute approximate surface area is 122 Å². The maximum absolute atomic E-state index is 12.5. The highest BCUT2D eigenvalue weighted by atomic mass is 32.2. The lowest BCUT2D eigenvalue weighted by molar-refractivity contribution is 0.494. The molecule has 0 saturated carbocycles. The van der Waals surface area contributed by atoms with Crippen LogP contribution in [0, 0.1) is 20.8 Å². The molecule has 2 N–H and O–H groups in total. The third kappa shape index (κ3) is 2.87. The van der Waals surface area contributed by atoms with Crippen molar-refractivity contribution in [3.05, 3.63) is 28.2 Å². The topological polar surface area (TPSA) is 84.2 Å². The summed E-state index contributed by atoms with van der Waals surface area (Å²) in [4.78, 5) is 4.31. The highest BCUT2D eigenvalue weighted by Gasteiger charge is 2.27. The number of thiazole rings is 1. The molecule has 0 atom stereocenters. The molecule has 20 heavy (non-hydrogen) atoms. The Morgan fingerprint density at radius 1 is 1.30 bits per heavy atom. The van der Waals surface area contributed by atoms with E-state index in [2.05, 4.69) is 15.0 Å². The second-order valence-electron chi connectivity index (χ2n) is 4.45. The summed E-state index contributed by atoms with van der Waals surface area (Å²) in [6.07, 6.45) is 0. The molecule has 2 heterocycles. The van der Waals surface area contributed by atoms with Gasteiger partial charge in [-0.05, 0) is 27.8 Å². The highest BCUT2D eigenvalue weighted by Crippen LogP contribution is 2.29. The Morgan fingerprint density at radius 3 is 2.55 bits per heavy atom. The van der Waals surface area contributed by atoms with E-state index in [1.165, 1.54) is 11.3 Å². The zero-order valence-electron chi connectivity index (χ0n) is 11.8. The van der Waals surface area contributed by atoms with Crippen LogP contribution in [0.3, 0.4) is 0 Å². The van der Waals surface area contributed by atoms with Gasteiger partial charge < -0.3 is 9.73 Å². The number of nitrogens with one attached hydrogen (secondary N) is 2. The van der Waals surface area contributed by atoms with Crippen molar-refractivity contribution in [3.63, 3.8) is 0 Å². The van der Waals surface area contributed by atoms with E-state index in [9.17, 15) is 8.42 Å². The molecule has 0 radical (unpaired) electrons. The van der Waals surface area contributed by atoms with E-state index >= 15 is 0 Å². The van der Waals surface area contributed by atoms with Crippen LogP contribution in [0.5, 0.6) is 0 Å². The first-order valence-corrected chi connectivity index (χ1v) is 8.40. The summed E-state index contributed by atoms with van der Waals surface area (Å²) in [6, 6.07) is 0. The fraction of sp³-hybridized carbons (Fsp3) is 0.417. The molecule has 0 spiro atoms. The Kier molecular flexibility index (Phi) is 4.17. The van der Waals surface area contributed by atoms with Crippen LogP contribution in [0.25, 0.3) is 0 Å². The number of sulfonamides is 1. The maximum Gasteiger partial charge on any atom is 0.267 e. The number of anilines is 1. The summed E-state index contributed by atoms with van der Waals surface area (Å²) in [5.74, 6) is 0.987. The average Bonchev–Trinajstić information content (AvgIpc) is 2.84. The quantitative estimate of drug-likeness (QED) is 0.883. The molecule has 8 heteroatoms. The Hall–Kier alpha value is -1.38. The third-order valence-corrected chi connectivity index (χ3v) is 5.33. The molecule has 2 rings (SSSR count). The van der Waals surface area contributed by atoms with Gasteiger partial charge in [0, 0.05) is 17.5 Å². The smallest absolute Gasteiger partial charge is 0.267 e. The summed E-state index contributed by atoms with van der Waals surface area (Å²) >= 11 is 1.26. The molecule has 0 fully saturated rings. The van der Waals surface area contributed by atoms with Crippen molar-refractivity contribution in [2.24, 2.45) is 0 Å². The predicted molar refractivity (Wildman–Crippen MR) is 78.6 cm³/mol. The van der Waals surface area contributed by atoms with Gasteiger partial charge in [0.1, 0.15) is 16.4 Å². The van der Waals surface area contributed by atoms with Gasteiger partial charge >= 0.3 is 0 Å². The standard InChI is InChI=1S/C12H17N3O3S2/c1-7-6-19-12(14-7)15-20(16,17)11-9(3)18-8(2)10(11)5-13-4/h6,13H,5H2,1-4H3,(H,14,15). The fourth-order valence-electron chi connectivity index (χ4n) is 2.01. The number of rotatable bonds is 5. The van der Waals surface area contributed by atoms with Gasteiger partial charge in [-0.3, -0.25) is 4.72 Å². The van der Waals surface area contributed by atoms with Gasteiger partial charge in [-0.15, -0.1) is 11.3 Å². The minimum Gasteiger partial charge on any atom is -0.465 e. The van der Waals surface area contributed by atoms with Gasteiger partial charge in [-0.1, -0.05) is 0 Å². The van der Waals surface area contributed by atoms with E-state index in [4.69, 9.17) is 4.42 Å². The van der Waals surface area contributed by atoms with Crippen LogP contribution in [-0.4, -0.2) is 20.4 Å². The fourth-order valence-corrected chi connectivity index (χ4v) is 4.40. The van der Waals surface area contributed by atoms with E-state index in [-0.39, 0.29) is 4.90 Å². The van der Waals surface area contributed by atoms with Crippen molar-refractivity contribution in [3.8, 4) is 0 Å². The monoisotopic (exact) mass is 315 g/mol. The van der Waals surface area contributed by atoms with Crippen molar-refractivity contribution in [1.82, 2.24) is 10.3 Å². The summed E-state index contributed by atoms with van der Waals surface area (Å²) < 4.78 is 33.0. The Morgan fingerprint density at radius 2 is 2.00 bits per heavy atom. The first-order valence-electron chi connectivity index (χ1n) is 6.03. The third-order valence-electron chi connectivity index (χ3n) is 2.79. The van der Waals surface area contributed by atoms with Crippen LogP contribution in [0.2, 0.25) is 0 Å². The molecule has 0 aliphatic rings. The molecule has 0 amide bonds. The zero-order chi connectivity index (χ0) is 14.9. The normalized spacial score (nSPS) is 11.8. The molecular formula is C12H17N3O3S2. The van der Waals surface area contributed by atoms with Gasteiger partial charge in [-0.25, -0.2) is 13.4 Å². The largest absolute Gasteiger partial charge is 0.465 e. The van der Waals surface area contributed by atoms with Gasteiger partial charge in [0.25, 0.3) is 10.0 Å². The maximum atomic E-state index is 12.5. The molecule has 6 nitrogen and oxygen atoms in total. The van der Waals surface area contributed by atoms with Crippen LogP contribution in [0.15, 0.2) is 14.7 Å². The second kappa shape index (κ2) is 5.55. The summed E-state index contributed by atoms with van der Waals surface area (Å²) in [5.41, 5.74) is 1.43.